The maximum atomic E-state index is 2.59. The molecule has 2 aliphatic carbocycles. The molecule has 0 radical (unpaired) electrons. The van der Waals surface area contributed by atoms with E-state index in [-0.39, 0.29) is 0 Å². The summed E-state index contributed by atoms with van der Waals surface area (Å²) in [6.07, 6.45) is 6.85. The van der Waals surface area contributed by atoms with Crippen molar-refractivity contribution in [2.24, 2.45) is 17.8 Å². The standard InChI is InChI=1S/C18H25N/c1-13-5-4-6-15(9-13)17-11-14-7-8-16(10-14)18(17)12-19(2)3/h4-6,9,11,14,16,18H,7-8,10,12H2,1-3H3/t14-,16+,18+/m1/s1. The summed E-state index contributed by atoms with van der Waals surface area (Å²) in [6, 6.07) is 9.06. The second-order valence-electron chi connectivity index (χ2n) is 6.69. The van der Waals surface area contributed by atoms with Gasteiger partial charge in [0.05, 0.1) is 0 Å². The Balaban J connectivity index is 1.96. The van der Waals surface area contributed by atoms with Gasteiger partial charge in [-0.3, -0.25) is 0 Å². The van der Waals surface area contributed by atoms with E-state index >= 15 is 0 Å². The number of hydrogen-bond acceptors (Lipinski definition) is 1. The number of hydrogen-bond donors (Lipinski definition) is 0. The highest BCUT2D eigenvalue weighted by Crippen LogP contribution is 2.47. The minimum atomic E-state index is 0.732. The zero-order chi connectivity index (χ0) is 13.4. The Bertz CT molecular complexity index is 486. The first-order chi connectivity index (χ1) is 9.13. The zero-order valence-corrected chi connectivity index (χ0v) is 12.4. The topological polar surface area (TPSA) is 3.24 Å². The van der Waals surface area contributed by atoms with Gasteiger partial charge in [-0.2, -0.15) is 0 Å². The predicted octanol–water partition coefficient (Wildman–Crippen LogP) is 3.99. The fourth-order valence-corrected chi connectivity index (χ4v) is 3.98. The minimum Gasteiger partial charge on any atom is -0.309 e. The third-order valence-electron chi connectivity index (χ3n) is 4.81. The van der Waals surface area contributed by atoms with Crippen LogP contribution in [0.15, 0.2) is 30.3 Å². The molecule has 0 spiro atoms. The molecule has 0 saturated heterocycles. The molecule has 0 N–H and O–H groups in total. The van der Waals surface area contributed by atoms with Crippen LogP contribution in [0.2, 0.25) is 0 Å². The number of benzene rings is 1. The van der Waals surface area contributed by atoms with E-state index in [1.165, 1.54) is 36.9 Å². The van der Waals surface area contributed by atoms with Crippen LogP contribution in [0.1, 0.15) is 30.4 Å². The Morgan fingerprint density at radius 3 is 2.79 bits per heavy atom. The lowest BCUT2D eigenvalue weighted by Gasteiger charge is -2.32. The molecule has 102 valence electrons. The second kappa shape index (κ2) is 5.13. The zero-order valence-electron chi connectivity index (χ0n) is 12.4. The number of rotatable bonds is 3. The van der Waals surface area contributed by atoms with Crippen LogP contribution in [-0.4, -0.2) is 25.5 Å². The molecule has 19 heavy (non-hydrogen) atoms. The van der Waals surface area contributed by atoms with Crippen molar-refractivity contribution in [2.45, 2.75) is 26.2 Å². The molecule has 0 aliphatic heterocycles. The first kappa shape index (κ1) is 12.9. The van der Waals surface area contributed by atoms with Crippen LogP contribution in [0, 0.1) is 24.7 Å². The molecular formula is C18H25N. The van der Waals surface area contributed by atoms with Gasteiger partial charge < -0.3 is 4.90 Å². The molecule has 1 aromatic carbocycles. The fraction of sp³-hybridized carbons (Fsp3) is 0.556. The third kappa shape index (κ3) is 2.62. The van der Waals surface area contributed by atoms with Gasteiger partial charge in [0, 0.05) is 6.54 Å². The van der Waals surface area contributed by atoms with E-state index in [0.717, 1.165) is 17.8 Å². The Labute approximate surface area is 117 Å². The fourth-order valence-electron chi connectivity index (χ4n) is 3.98. The highest BCUT2D eigenvalue weighted by molar-refractivity contribution is 5.69. The number of allylic oxidation sites excluding steroid dienone is 1. The predicted molar refractivity (Wildman–Crippen MR) is 82.0 cm³/mol. The summed E-state index contributed by atoms with van der Waals surface area (Å²) in [7, 11) is 4.41. The molecule has 3 atom stereocenters. The lowest BCUT2D eigenvalue weighted by atomic mass is 9.76. The average Bonchev–Trinajstić information content (AvgIpc) is 2.75. The van der Waals surface area contributed by atoms with E-state index in [0.29, 0.717) is 0 Å². The highest BCUT2D eigenvalue weighted by Gasteiger charge is 2.37. The summed E-state index contributed by atoms with van der Waals surface area (Å²) in [5, 5.41) is 0. The average molecular weight is 255 g/mol. The van der Waals surface area contributed by atoms with Crippen molar-refractivity contribution in [2.75, 3.05) is 20.6 Å². The lowest BCUT2D eigenvalue weighted by molar-refractivity contribution is 0.289. The summed E-state index contributed by atoms with van der Waals surface area (Å²) >= 11 is 0. The van der Waals surface area contributed by atoms with Gasteiger partial charge in [0.1, 0.15) is 0 Å². The first-order valence-electron chi connectivity index (χ1n) is 7.57. The first-order valence-corrected chi connectivity index (χ1v) is 7.57. The summed E-state index contributed by atoms with van der Waals surface area (Å²) in [5.74, 6) is 2.49. The molecule has 2 aliphatic rings. The Kier molecular flexibility index (Phi) is 3.49. The third-order valence-corrected chi connectivity index (χ3v) is 4.81. The lowest BCUT2D eigenvalue weighted by Crippen LogP contribution is -2.29. The summed E-state index contributed by atoms with van der Waals surface area (Å²) in [4.78, 5) is 2.35. The van der Waals surface area contributed by atoms with Gasteiger partial charge in [-0.15, -0.1) is 0 Å². The smallest absolute Gasteiger partial charge is 0.00469 e. The molecule has 1 heteroatoms. The van der Waals surface area contributed by atoms with Crippen LogP contribution in [-0.2, 0) is 0 Å². The molecule has 3 rings (SSSR count). The summed E-state index contributed by atoms with van der Waals surface area (Å²) in [6.45, 7) is 3.39. The highest BCUT2D eigenvalue weighted by atomic mass is 15.1. The van der Waals surface area contributed by atoms with Crippen molar-refractivity contribution in [1.29, 1.82) is 0 Å². The van der Waals surface area contributed by atoms with E-state index in [2.05, 4.69) is 56.3 Å². The summed E-state index contributed by atoms with van der Waals surface area (Å²) < 4.78 is 0. The second-order valence-corrected chi connectivity index (χ2v) is 6.69. The van der Waals surface area contributed by atoms with Crippen molar-refractivity contribution in [3.05, 3.63) is 41.5 Å². The molecule has 1 fully saturated rings. The van der Waals surface area contributed by atoms with E-state index in [1.54, 1.807) is 5.57 Å². The van der Waals surface area contributed by atoms with E-state index in [9.17, 15) is 0 Å². The molecule has 1 aromatic rings. The van der Waals surface area contributed by atoms with Crippen molar-refractivity contribution < 1.29 is 0 Å². The van der Waals surface area contributed by atoms with Crippen LogP contribution in [0.4, 0.5) is 0 Å². The van der Waals surface area contributed by atoms with E-state index in [4.69, 9.17) is 0 Å². The van der Waals surface area contributed by atoms with Gasteiger partial charge in [-0.25, -0.2) is 0 Å². The van der Waals surface area contributed by atoms with Gasteiger partial charge in [-0.1, -0.05) is 35.9 Å². The van der Waals surface area contributed by atoms with Crippen molar-refractivity contribution >= 4 is 5.57 Å². The van der Waals surface area contributed by atoms with Gasteiger partial charge in [0.15, 0.2) is 0 Å². The van der Waals surface area contributed by atoms with Crippen molar-refractivity contribution in [3.8, 4) is 0 Å². The van der Waals surface area contributed by atoms with Crippen LogP contribution >= 0.6 is 0 Å². The monoisotopic (exact) mass is 255 g/mol. The van der Waals surface area contributed by atoms with Gasteiger partial charge in [0.2, 0.25) is 0 Å². The van der Waals surface area contributed by atoms with E-state index < -0.39 is 0 Å². The maximum absolute atomic E-state index is 2.59. The van der Waals surface area contributed by atoms with Crippen LogP contribution < -0.4 is 0 Å². The van der Waals surface area contributed by atoms with Gasteiger partial charge >= 0.3 is 0 Å². The van der Waals surface area contributed by atoms with Gasteiger partial charge in [0.25, 0.3) is 0 Å². The number of nitrogens with zero attached hydrogens (tertiary/aromatic N) is 1. The normalized spacial score (nSPS) is 29.7. The van der Waals surface area contributed by atoms with Gasteiger partial charge in [-0.05, 0) is 69.2 Å². The number of aryl methyl sites for hydroxylation is 1. The number of fused-ring (bicyclic) bond motifs is 2. The van der Waals surface area contributed by atoms with Crippen molar-refractivity contribution in [3.63, 3.8) is 0 Å². The largest absolute Gasteiger partial charge is 0.309 e. The van der Waals surface area contributed by atoms with Crippen LogP contribution in [0.25, 0.3) is 5.57 Å². The Morgan fingerprint density at radius 2 is 2.05 bits per heavy atom. The Hall–Kier alpha value is -1.08. The molecule has 0 amide bonds. The summed E-state index contributed by atoms with van der Waals surface area (Å²) in [5.41, 5.74) is 4.46. The molecule has 1 nitrogen and oxygen atoms in total. The molecule has 2 bridgehead atoms. The van der Waals surface area contributed by atoms with E-state index in [1.807, 2.05) is 0 Å². The van der Waals surface area contributed by atoms with Crippen LogP contribution in [0.5, 0.6) is 0 Å². The quantitative estimate of drug-likeness (QED) is 0.789. The molecular weight excluding hydrogens is 230 g/mol. The maximum Gasteiger partial charge on any atom is 0.00469 e. The molecule has 0 aromatic heterocycles. The SMILES string of the molecule is Cc1cccc(C2=C[C@@H]3CC[C@@H](C3)[C@@H]2CN(C)C)c1. The minimum absolute atomic E-state index is 0.732. The van der Waals surface area contributed by atoms with Crippen LogP contribution in [0.3, 0.4) is 0 Å². The molecule has 0 unspecified atom stereocenters. The molecule has 1 saturated carbocycles. The van der Waals surface area contributed by atoms with Crippen molar-refractivity contribution in [1.82, 2.24) is 4.90 Å². The molecule has 0 heterocycles. The Morgan fingerprint density at radius 1 is 1.21 bits per heavy atom.